The van der Waals surface area contributed by atoms with Gasteiger partial charge in [-0.25, -0.2) is 4.79 Å². The summed E-state index contributed by atoms with van der Waals surface area (Å²) in [7, 11) is 0. The summed E-state index contributed by atoms with van der Waals surface area (Å²) < 4.78 is 0. The Bertz CT molecular complexity index is 495. The molecule has 0 aliphatic heterocycles. The van der Waals surface area contributed by atoms with Gasteiger partial charge in [0.25, 0.3) is 0 Å². The molecule has 5 heteroatoms. The quantitative estimate of drug-likeness (QED) is 0.791. The summed E-state index contributed by atoms with van der Waals surface area (Å²) in [5.74, 6) is -1.07. The minimum Gasteiger partial charge on any atom is -0.478 e. The third-order valence-corrected chi connectivity index (χ3v) is 2.25. The van der Waals surface area contributed by atoms with Crippen molar-refractivity contribution in [1.82, 2.24) is 0 Å². The van der Waals surface area contributed by atoms with Crippen LogP contribution in [0.3, 0.4) is 0 Å². The van der Waals surface area contributed by atoms with Gasteiger partial charge in [0.05, 0.1) is 23.4 Å². The molecule has 86 valence electrons. The molecule has 0 fully saturated rings. The van der Waals surface area contributed by atoms with Gasteiger partial charge in [-0.1, -0.05) is 11.6 Å². The van der Waals surface area contributed by atoms with Gasteiger partial charge >= 0.3 is 5.97 Å². The molecule has 0 radical (unpaired) electrons. The Morgan fingerprint density at radius 1 is 1.35 bits per heavy atom. The molecule has 0 saturated heterocycles. The lowest BCUT2D eigenvalue weighted by Gasteiger charge is -2.20. The molecular weight excluding hydrogens is 218 g/mol. The summed E-state index contributed by atoms with van der Waals surface area (Å²) in [6, 6.07) is 8.73. The Morgan fingerprint density at radius 2 is 1.94 bits per heavy atom. The number of carboxylic acid groups (broad SMARTS) is 1. The molecule has 1 aromatic rings. The summed E-state index contributed by atoms with van der Waals surface area (Å²) >= 11 is 0. The maximum atomic E-state index is 11.1. The maximum absolute atomic E-state index is 11.1. The molecule has 5 nitrogen and oxygen atoms in total. The summed E-state index contributed by atoms with van der Waals surface area (Å²) in [5.41, 5.74) is 1.32. The first kappa shape index (κ1) is 12.5. The molecule has 0 aliphatic carbocycles. The maximum Gasteiger partial charge on any atom is 0.337 e. The fraction of sp³-hybridized carbons (Fsp3) is 0.250. The van der Waals surface area contributed by atoms with Crippen LogP contribution < -0.4 is 4.90 Å². The van der Waals surface area contributed by atoms with Gasteiger partial charge in [-0.2, -0.15) is 10.5 Å². The first-order valence-corrected chi connectivity index (χ1v) is 4.93. The molecule has 0 saturated carbocycles. The molecule has 1 aromatic carbocycles. The number of carboxylic acids is 1. The summed E-state index contributed by atoms with van der Waals surface area (Å²) in [6.07, 6.45) is 0. The van der Waals surface area contributed by atoms with Crippen molar-refractivity contribution in [3.8, 4) is 12.1 Å². The van der Waals surface area contributed by atoms with Crippen LogP contribution in [0.5, 0.6) is 0 Å². The minimum atomic E-state index is -1.07. The van der Waals surface area contributed by atoms with Gasteiger partial charge < -0.3 is 10.0 Å². The monoisotopic (exact) mass is 229 g/mol. The molecule has 0 aromatic heterocycles. The second-order valence-corrected chi connectivity index (χ2v) is 3.50. The third kappa shape index (κ3) is 2.96. The Kier molecular flexibility index (Phi) is 4.08. The van der Waals surface area contributed by atoms with E-state index in [2.05, 4.69) is 0 Å². The van der Waals surface area contributed by atoms with Crippen LogP contribution in [0.1, 0.15) is 15.9 Å². The second kappa shape index (κ2) is 5.53. The lowest BCUT2D eigenvalue weighted by Crippen LogP contribution is -2.25. The topological polar surface area (TPSA) is 88.1 Å². The normalized spacial score (nSPS) is 9.12. The molecule has 1 rings (SSSR count). The van der Waals surface area contributed by atoms with E-state index in [0.29, 0.717) is 5.69 Å². The van der Waals surface area contributed by atoms with Crippen LogP contribution in [-0.2, 0) is 0 Å². The Morgan fingerprint density at radius 3 is 2.41 bits per heavy atom. The zero-order valence-electron chi connectivity index (χ0n) is 9.34. The third-order valence-electron chi connectivity index (χ3n) is 2.25. The fourth-order valence-corrected chi connectivity index (χ4v) is 1.49. The predicted octanol–water partition coefficient (Wildman–Crippen LogP) is 1.55. The van der Waals surface area contributed by atoms with Crippen molar-refractivity contribution >= 4 is 11.7 Å². The molecule has 0 spiro atoms. The molecule has 0 heterocycles. The van der Waals surface area contributed by atoms with Gasteiger partial charge in [-0.05, 0) is 19.1 Å². The largest absolute Gasteiger partial charge is 0.478 e. The Labute approximate surface area is 99.1 Å². The first-order valence-electron chi connectivity index (χ1n) is 4.93. The zero-order chi connectivity index (χ0) is 12.8. The van der Waals surface area contributed by atoms with Gasteiger partial charge in [-0.15, -0.1) is 0 Å². The van der Waals surface area contributed by atoms with E-state index in [1.54, 1.807) is 19.1 Å². The smallest absolute Gasteiger partial charge is 0.337 e. The van der Waals surface area contributed by atoms with Crippen LogP contribution in [-0.4, -0.2) is 24.2 Å². The number of nitriles is 2. The number of carbonyl (C=O) groups is 1. The Hall–Kier alpha value is -2.53. The molecule has 1 N–H and O–H groups in total. The van der Waals surface area contributed by atoms with Gasteiger partial charge in [0.1, 0.15) is 13.1 Å². The molecule has 0 atom stereocenters. The highest BCUT2D eigenvalue weighted by Crippen LogP contribution is 2.21. The van der Waals surface area contributed by atoms with E-state index in [9.17, 15) is 4.79 Å². The Balaban J connectivity index is 3.23. The lowest BCUT2D eigenvalue weighted by molar-refractivity contribution is 0.0697. The van der Waals surface area contributed by atoms with E-state index in [4.69, 9.17) is 15.6 Å². The lowest BCUT2D eigenvalue weighted by atomic mass is 10.1. The molecule has 0 bridgehead atoms. The zero-order valence-corrected chi connectivity index (χ0v) is 9.34. The SMILES string of the molecule is Cc1ccc(N(CC#N)CC#N)c(C(=O)O)c1. The van der Waals surface area contributed by atoms with E-state index in [-0.39, 0.29) is 18.7 Å². The van der Waals surface area contributed by atoms with Crippen molar-refractivity contribution < 1.29 is 9.90 Å². The summed E-state index contributed by atoms with van der Waals surface area (Å²) in [5, 5.41) is 26.4. The van der Waals surface area contributed by atoms with Gasteiger partial charge in [0.2, 0.25) is 0 Å². The van der Waals surface area contributed by atoms with Crippen molar-refractivity contribution in [2.45, 2.75) is 6.92 Å². The molecule has 0 aliphatic rings. The number of benzene rings is 1. The predicted molar refractivity (Wildman–Crippen MR) is 61.6 cm³/mol. The highest BCUT2D eigenvalue weighted by molar-refractivity contribution is 5.94. The summed E-state index contributed by atoms with van der Waals surface area (Å²) in [6.45, 7) is 1.75. The van der Waals surface area contributed by atoms with Crippen molar-refractivity contribution in [3.63, 3.8) is 0 Å². The van der Waals surface area contributed by atoms with Crippen molar-refractivity contribution in [1.29, 1.82) is 10.5 Å². The average molecular weight is 229 g/mol. The molecule has 0 unspecified atom stereocenters. The van der Waals surface area contributed by atoms with Crippen LogP contribution in [0.15, 0.2) is 18.2 Å². The summed E-state index contributed by atoms with van der Waals surface area (Å²) in [4.78, 5) is 12.5. The van der Waals surface area contributed by atoms with Crippen molar-refractivity contribution in [2.24, 2.45) is 0 Å². The van der Waals surface area contributed by atoms with Crippen LogP contribution in [0.4, 0.5) is 5.69 Å². The van der Waals surface area contributed by atoms with Gasteiger partial charge in [-0.3, -0.25) is 0 Å². The first-order chi connectivity index (χ1) is 8.10. The van der Waals surface area contributed by atoms with Crippen LogP contribution in [0.2, 0.25) is 0 Å². The van der Waals surface area contributed by atoms with Gasteiger partial charge in [0, 0.05) is 0 Å². The standard InChI is InChI=1S/C12H11N3O2/c1-9-2-3-11(10(8-9)12(16)17)15(6-4-13)7-5-14/h2-3,8H,6-7H2,1H3,(H,16,17). The number of rotatable bonds is 4. The highest BCUT2D eigenvalue weighted by Gasteiger charge is 2.15. The number of aryl methyl sites for hydroxylation is 1. The van der Waals surface area contributed by atoms with Gasteiger partial charge in [0.15, 0.2) is 0 Å². The van der Waals surface area contributed by atoms with E-state index in [0.717, 1.165) is 5.56 Å². The second-order valence-electron chi connectivity index (χ2n) is 3.50. The van der Waals surface area contributed by atoms with Crippen molar-refractivity contribution in [2.75, 3.05) is 18.0 Å². The minimum absolute atomic E-state index is 0.0170. The van der Waals surface area contributed by atoms with E-state index < -0.39 is 5.97 Å². The molecule has 17 heavy (non-hydrogen) atoms. The highest BCUT2D eigenvalue weighted by atomic mass is 16.4. The number of anilines is 1. The van der Waals surface area contributed by atoms with Crippen LogP contribution in [0.25, 0.3) is 0 Å². The molecule has 0 amide bonds. The molecular formula is C12H11N3O2. The number of aromatic carboxylic acids is 1. The van der Waals surface area contributed by atoms with E-state index in [1.165, 1.54) is 11.0 Å². The van der Waals surface area contributed by atoms with Crippen LogP contribution >= 0.6 is 0 Å². The number of hydrogen-bond acceptors (Lipinski definition) is 4. The van der Waals surface area contributed by atoms with E-state index >= 15 is 0 Å². The number of nitrogens with zero attached hydrogens (tertiary/aromatic N) is 3. The average Bonchev–Trinajstić information content (AvgIpc) is 2.28. The van der Waals surface area contributed by atoms with Crippen LogP contribution in [0, 0.1) is 29.6 Å². The van der Waals surface area contributed by atoms with E-state index in [1.807, 2.05) is 12.1 Å². The van der Waals surface area contributed by atoms with Crippen molar-refractivity contribution in [3.05, 3.63) is 29.3 Å². The number of hydrogen-bond donors (Lipinski definition) is 1. The fourth-order valence-electron chi connectivity index (χ4n) is 1.49.